The minimum atomic E-state index is -0.643. The molecule has 6 atom stereocenters. The van der Waals surface area contributed by atoms with Crippen molar-refractivity contribution in [3.8, 4) is 0 Å². The van der Waals surface area contributed by atoms with E-state index in [-0.39, 0.29) is 48.1 Å². The predicted octanol–water partition coefficient (Wildman–Crippen LogP) is 2.08. The van der Waals surface area contributed by atoms with Gasteiger partial charge in [-0.15, -0.1) is 11.8 Å². The molecule has 3 amide bonds. The normalized spacial score (nSPS) is 34.8. The Morgan fingerprint density at radius 1 is 1.15 bits per heavy atom. The Labute approximate surface area is 205 Å². The monoisotopic (exact) mass is 485 g/mol. The van der Waals surface area contributed by atoms with Gasteiger partial charge in [0.1, 0.15) is 6.04 Å². The first-order valence-electron chi connectivity index (χ1n) is 12.7. The van der Waals surface area contributed by atoms with Gasteiger partial charge in [0.2, 0.25) is 17.7 Å². The summed E-state index contributed by atoms with van der Waals surface area (Å²) in [5.41, 5.74) is 1.01. The number of aliphatic hydroxyl groups is 1. The summed E-state index contributed by atoms with van der Waals surface area (Å²) >= 11 is 1.68. The fraction of sp³-hybridized carbons (Fsp3) is 0.654. The van der Waals surface area contributed by atoms with Gasteiger partial charge in [-0.05, 0) is 30.7 Å². The number of carbonyl (C=O) groups is 3. The standard InChI is InChI=1S/C26H35N3O4S/c1-16-14-19-20(23(31)27-15-17-8-4-2-5-9-17)21-25(33)29(12-13-30)22(26(16,21)34-19)24(32)28-18-10-6-3-7-11-18/h2,4-5,8-9,16,18-22,30H,3,6-7,10-15H2,1H3,(H,27,31)(H,28,32)/t16?,19-,20+,21-,22?,26?/m0/s1. The maximum absolute atomic E-state index is 13.7. The maximum Gasteiger partial charge on any atom is 0.244 e. The van der Waals surface area contributed by atoms with E-state index in [1.807, 2.05) is 30.3 Å². The van der Waals surface area contributed by atoms with E-state index in [4.69, 9.17) is 0 Å². The number of carbonyl (C=O) groups excluding carboxylic acids is 3. The van der Waals surface area contributed by atoms with Gasteiger partial charge in [0.25, 0.3) is 0 Å². The van der Waals surface area contributed by atoms with Gasteiger partial charge < -0.3 is 20.6 Å². The molecule has 2 bridgehead atoms. The van der Waals surface area contributed by atoms with Crippen LogP contribution in [0.5, 0.6) is 0 Å². The molecule has 3 N–H and O–H groups in total. The zero-order chi connectivity index (χ0) is 23.9. The third kappa shape index (κ3) is 3.83. The van der Waals surface area contributed by atoms with E-state index in [2.05, 4.69) is 17.6 Å². The van der Waals surface area contributed by atoms with E-state index < -0.39 is 22.6 Å². The Balaban J connectivity index is 1.40. The first kappa shape index (κ1) is 23.7. The molecule has 1 saturated carbocycles. The fourth-order valence-electron chi connectivity index (χ4n) is 6.90. The molecule has 0 aromatic heterocycles. The average Bonchev–Trinajstić information content (AvgIpc) is 3.43. The van der Waals surface area contributed by atoms with Crippen molar-refractivity contribution < 1.29 is 19.5 Å². The molecular weight excluding hydrogens is 450 g/mol. The lowest BCUT2D eigenvalue weighted by molar-refractivity contribution is -0.140. The van der Waals surface area contributed by atoms with Gasteiger partial charge in [-0.25, -0.2) is 0 Å². The number of benzene rings is 1. The van der Waals surface area contributed by atoms with Crippen LogP contribution in [0, 0.1) is 17.8 Å². The fourth-order valence-corrected chi connectivity index (χ4v) is 9.32. The molecule has 3 aliphatic heterocycles. The van der Waals surface area contributed by atoms with Crippen LogP contribution >= 0.6 is 11.8 Å². The number of rotatable bonds is 7. The number of hydrogen-bond acceptors (Lipinski definition) is 5. The Bertz CT molecular complexity index is 937. The Morgan fingerprint density at radius 2 is 1.88 bits per heavy atom. The van der Waals surface area contributed by atoms with Crippen LogP contribution in [-0.2, 0) is 20.9 Å². The number of fused-ring (bicyclic) bond motifs is 1. The Kier molecular flexibility index (Phi) is 6.64. The Hall–Kier alpha value is -2.06. The van der Waals surface area contributed by atoms with Gasteiger partial charge in [0.15, 0.2) is 0 Å². The van der Waals surface area contributed by atoms with E-state index in [0.29, 0.717) is 6.54 Å². The topological polar surface area (TPSA) is 98.7 Å². The largest absolute Gasteiger partial charge is 0.395 e. The molecule has 1 spiro atoms. The average molecular weight is 486 g/mol. The molecule has 7 nitrogen and oxygen atoms in total. The van der Waals surface area contributed by atoms with Crippen LogP contribution in [-0.4, -0.2) is 63.0 Å². The van der Waals surface area contributed by atoms with E-state index in [1.165, 1.54) is 6.42 Å². The van der Waals surface area contributed by atoms with Gasteiger partial charge in [-0.3, -0.25) is 14.4 Å². The van der Waals surface area contributed by atoms with Crippen LogP contribution in [0.1, 0.15) is 51.0 Å². The summed E-state index contributed by atoms with van der Waals surface area (Å²) in [5.74, 6) is -1.21. The zero-order valence-corrected chi connectivity index (χ0v) is 20.6. The van der Waals surface area contributed by atoms with Crippen LogP contribution < -0.4 is 10.6 Å². The molecule has 3 unspecified atom stereocenters. The molecule has 34 heavy (non-hydrogen) atoms. The van der Waals surface area contributed by atoms with Crippen LogP contribution in [0.2, 0.25) is 0 Å². The molecule has 1 aromatic rings. The van der Waals surface area contributed by atoms with Crippen molar-refractivity contribution in [1.82, 2.24) is 15.5 Å². The molecule has 184 valence electrons. The number of β-amino-alcohol motifs (C(OH)–C–C–N with tert-alkyl or cyclic N) is 1. The summed E-state index contributed by atoms with van der Waals surface area (Å²) in [5, 5.41) is 16.1. The van der Waals surface area contributed by atoms with Crippen molar-refractivity contribution >= 4 is 29.5 Å². The summed E-state index contributed by atoms with van der Waals surface area (Å²) in [6, 6.07) is 9.25. The highest BCUT2D eigenvalue weighted by Crippen LogP contribution is 2.68. The van der Waals surface area contributed by atoms with Crippen LogP contribution in [0.4, 0.5) is 0 Å². The van der Waals surface area contributed by atoms with Crippen molar-refractivity contribution in [2.75, 3.05) is 13.2 Å². The second-order valence-corrected chi connectivity index (χ2v) is 11.9. The maximum atomic E-state index is 13.7. The second kappa shape index (κ2) is 9.53. The molecule has 1 aromatic carbocycles. The van der Waals surface area contributed by atoms with Crippen molar-refractivity contribution in [2.24, 2.45) is 17.8 Å². The van der Waals surface area contributed by atoms with E-state index in [9.17, 15) is 19.5 Å². The number of aliphatic hydroxyl groups excluding tert-OH is 1. The van der Waals surface area contributed by atoms with E-state index >= 15 is 0 Å². The first-order valence-corrected chi connectivity index (χ1v) is 13.6. The second-order valence-electron chi connectivity index (χ2n) is 10.4. The van der Waals surface area contributed by atoms with Crippen molar-refractivity contribution in [3.63, 3.8) is 0 Å². The zero-order valence-electron chi connectivity index (χ0n) is 19.7. The number of nitrogens with zero attached hydrogens (tertiary/aromatic N) is 1. The summed E-state index contributed by atoms with van der Waals surface area (Å²) in [6.45, 7) is 2.46. The SMILES string of the molecule is CC1C[C@@H]2SC13C(C(=O)NC1CCCCC1)N(CCO)C(=O)[C@@H]3[C@@H]2C(=O)NCc1ccccc1. The number of hydrogen-bond donors (Lipinski definition) is 3. The molecule has 8 heteroatoms. The molecule has 3 heterocycles. The third-order valence-corrected chi connectivity index (χ3v) is 10.5. The van der Waals surface area contributed by atoms with Crippen molar-refractivity contribution in [2.45, 2.75) is 74.1 Å². The number of likely N-dealkylation sites (tertiary alicyclic amines) is 1. The molecule has 3 saturated heterocycles. The van der Waals surface area contributed by atoms with Crippen LogP contribution in [0.15, 0.2) is 30.3 Å². The molecule has 4 aliphatic rings. The number of nitrogens with one attached hydrogen (secondary N) is 2. The molecule has 1 aliphatic carbocycles. The van der Waals surface area contributed by atoms with Gasteiger partial charge >= 0.3 is 0 Å². The van der Waals surface area contributed by atoms with Gasteiger partial charge in [-0.2, -0.15) is 0 Å². The quantitative estimate of drug-likeness (QED) is 0.549. The first-order chi connectivity index (χ1) is 16.5. The molecule has 4 fully saturated rings. The third-order valence-electron chi connectivity index (χ3n) is 8.40. The summed E-state index contributed by atoms with van der Waals surface area (Å²) in [7, 11) is 0. The van der Waals surface area contributed by atoms with E-state index in [0.717, 1.165) is 37.7 Å². The minimum absolute atomic E-state index is 0.0287. The Morgan fingerprint density at radius 3 is 2.59 bits per heavy atom. The number of thioether (sulfide) groups is 1. The highest BCUT2D eigenvalue weighted by atomic mass is 32.2. The van der Waals surface area contributed by atoms with E-state index in [1.54, 1.807) is 16.7 Å². The van der Waals surface area contributed by atoms with Crippen molar-refractivity contribution in [1.29, 1.82) is 0 Å². The lowest BCUT2D eigenvalue weighted by Crippen LogP contribution is -2.58. The number of amides is 3. The summed E-state index contributed by atoms with van der Waals surface area (Å²) < 4.78 is -0.621. The summed E-state index contributed by atoms with van der Waals surface area (Å²) in [6.07, 6.45) is 6.18. The molecule has 5 rings (SSSR count). The minimum Gasteiger partial charge on any atom is -0.395 e. The smallest absolute Gasteiger partial charge is 0.244 e. The lowest BCUT2D eigenvalue weighted by atomic mass is 9.65. The lowest BCUT2D eigenvalue weighted by Gasteiger charge is -2.39. The van der Waals surface area contributed by atoms with Gasteiger partial charge in [0.05, 0.1) is 23.2 Å². The van der Waals surface area contributed by atoms with Crippen LogP contribution in [0.3, 0.4) is 0 Å². The molecule has 0 radical (unpaired) electrons. The van der Waals surface area contributed by atoms with Crippen molar-refractivity contribution in [3.05, 3.63) is 35.9 Å². The predicted molar refractivity (Wildman–Crippen MR) is 131 cm³/mol. The van der Waals surface area contributed by atoms with Gasteiger partial charge in [0, 0.05) is 24.4 Å². The van der Waals surface area contributed by atoms with Crippen LogP contribution in [0.25, 0.3) is 0 Å². The highest BCUT2D eigenvalue weighted by molar-refractivity contribution is 8.02. The molecular formula is C26H35N3O4S. The highest BCUT2D eigenvalue weighted by Gasteiger charge is 2.75. The van der Waals surface area contributed by atoms with Gasteiger partial charge in [-0.1, -0.05) is 56.5 Å². The summed E-state index contributed by atoms with van der Waals surface area (Å²) in [4.78, 5) is 42.4.